The number of hydrogen-bond acceptors (Lipinski definition) is 2. The standard InChI is InChI=1S/C13H24O2/c1-2-13(14)9-6-10-15-11-12-7-4-3-5-8-12/h12H,2-11H2,1H3. The van der Waals surface area contributed by atoms with Gasteiger partial charge in [-0.2, -0.15) is 0 Å². The number of Topliss-reactive ketones (excluding diaryl/α,β-unsaturated/α-hetero) is 1. The second-order valence-corrected chi connectivity index (χ2v) is 4.57. The number of carbonyl (C=O) groups is 1. The van der Waals surface area contributed by atoms with Gasteiger partial charge in [0.2, 0.25) is 0 Å². The fourth-order valence-corrected chi connectivity index (χ4v) is 2.15. The summed E-state index contributed by atoms with van der Waals surface area (Å²) < 4.78 is 5.62. The Bertz CT molecular complexity index is 171. The van der Waals surface area contributed by atoms with E-state index < -0.39 is 0 Å². The third-order valence-corrected chi connectivity index (χ3v) is 3.22. The van der Waals surface area contributed by atoms with E-state index in [2.05, 4.69) is 0 Å². The first-order chi connectivity index (χ1) is 7.33. The second kappa shape index (κ2) is 7.86. The Morgan fingerprint density at radius 2 is 2.00 bits per heavy atom. The van der Waals surface area contributed by atoms with Crippen molar-refractivity contribution in [2.45, 2.75) is 58.3 Å². The van der Waals surface area contributed by atoms with Gasteiger partial charge in [-0.05, 0) is 25.2 Å². The van der Waals surface area contributed by atoms with E-state index in [0.29, 0.717) is 18.6 Å². The van der Waals surface area contributed by atoms with Gasteiger partial charge in [-0.25, -0.2) is 0 Å². The van der Waals surface area contributed by atoms with E-state index in [4.69, 9.17) is 4.74 Å². The molecule has 0 aromatic heterocycles. The quantitative estimate of drug-likeness (QED) is 0.605. The summed E-state index contributed by atoms with van der Waals surface area (Å²) in [7, 11) is 0. The van der Waals surface area contributed by atoms with Crippen molar-refractivity contribution < 1.29 is 9.53 Å². The van der Waals surface area contributed by atoms with Gasteiger partial charge in [0.1, 0.15) is 5.78 Å². The van der Waals surface area contributed by atoms with Crippen molar-refractivity contribution in [1.29, 1.82) is 0 Å². The van der Waals surface area contributed by atoms with Crippen LogP contribution in [0, 0.1) is 5.92 Å². The van der Waals surface area contributed by atoms with E-state index in [1.807, 2.05) is 6.92 Å². The molecule has 1 aliphatic carbocycles. The number of ketones is 1. The van der Waals surface area contributed by atoms with Crippen molar-refractivity contribution in [3.63, 3.8) is 0 Å². The Balaban J connectivity index is 1.89. The Hall–Kier alpha value is -0.370. The summed E-state index contributed by atoms with van der Waals surface area (Å²) in [5, 5.41) is 0. The van der Waals surface area contributed by atoms with E-state index in [1.54, 1.807) is 0 Å². The van der Waals surface area contributed by atoms with Gasteiger partial charge < -0.3 is 4.74 Å². The lowest BCUT2D eigenvalue weighted by atomic mass is 9.90. The number of hydrogen-bond donors (Lipinski definition) is 0. The predicted molar refractivity (Wildman–Crippen MR) is 61.9 cm³/mol. The first-order valence-corrected chi connectivity index (χ1v) is 6.42. The zero-order valence-electron chi connectivity index (χ0n) is 9.96. The highest BCUT2D eigenvalue weighted by atomic mass is 16.5. The lowest BCUT2D eigenvalue weighted by molar-refractivity contribution is -0.119. The monoisotopic (exact) mass is 212 g/mol. The average Bonchev–Trinajstić information content (AvgIpc) is 2.29. The number of rotatable bonds is 7. The van der Waals surface area contributed by atoms with Crippen LogP contribution >= 0.6 is 0 Å². The molecule has 0 bridgehead atoms. The molecule has 1 fully saturated rings. The summed E-state index contributed by atoms with van der Waals surface area (Å²) in [6.45, 7) is 3.60. The van der Waals surface area contributed by atoms with Crippen LogP contribution < -0.4 is 0 Å². The molecule has 0 N–H and O–H groups in total. The third-order valence-electron chi connectivity index (χ3n) is 3.22. The SMILES string of the molecule is CCC(=O)CCCOCC1CCCCC1. The minimum atomic E-state index is 0.358. The molecule has 1 rings (SSSR count). The summed E-state index contributed by atoms with van der Waals surface area (Å²) in [6, 6.07) is 0. The Morgan fingerprint density at radius 3 is 2.67 bits per heavy atom. The van der Waals surface area contributed by atoms with Crippen molar-refractivity contribution in [1.82, 2.24) is 0 Å². The zero-order valence-corrected chi connectivity index (χ0v) is 9.96. The molecular formula is C13H24O2. The van der Waals surface area contributed by atoms with Gasteiger partial charge in [-0.1, -0.05) is 26.2 Å². The van der Waals surface area contributed by atoms with Crippen LogP contribution in [0.1, 0.15) is 58.3 Å². The van der Waals surface area contributed by atoms with Gasteiger partial charge in [0.25, 0.3) is 0 Å². The fraction of sp³-hybridized carbons (Fsp3) is 0.923. The molecule has 2 heteroatoms. The van der Waals surface area contributed by atoms with Crippen molar-refractivity contribution in [2.75, 3.05) is 13.2 Å². The molecule has 0 aromatic carbocycles. The minimum absolute atomic E-state index is 0.358. The van der Waals surface area contributed by atoms with E-state index in [9.17, 15) is 4.79 Å². The van der Waals surface area contributed by atoms with Gasteiger partial charge >= 0.3 is 0 Å². The maximum atomic E-state index is 11.0. The molecule has 0 radical (unpaired) electrons. The van der Waals surface area contributed by atoms with Crippen LogP contribution in [0.2, 0.25) is 0 Å². The lowest BCUT2D eigenvalue weighted by Crippen LogP contribution is -2.14. The maximum Gasteiger partial charge on any atom is 0.132 e. The molecule has 1 saturated carbocycles. The van der Waals surface area contributed by atoms with Crippen LogP contribution in [-0.4, -0.2) is 19.0 Å². The number of carbonyl (C=O) groups excluding carboxylic acids is 1. The highest BCUT2D eigenvalue weighted by molar-refractivity contribution is 5.77. The highest BCUT2D eigenvalue weighted by Gasteiger charge is 2.12. The highest BCUT2D eigenvalue weighted by Crippen LogP contribution is 2.23. The van der Waals surface area contributed by atoms with Crippen molar-refractivity contribution in [3.8, 4) is 0 Å². The van der Waals surface area contributed by atoms with Gasteiger partial charge in [-0.15, -0.1) is 0 Å². The fourth-order valence-electron chi connectivity index (χ4n) is 2.15. The first-order valence-electron chi connectivity index (χ1n) is 6.42. The lowest BCUT2D eigenvalue weighted by Gasteiger charge is -2.21. The van der Waals surface area contributed by atoms with Crippen molar-refractivity contribution in [3.05, 3.63) is 0 Å². The van der Waals surface area contributed by atoms with E-state index >= 15 is 0 Å². The molecule has 0 heterocycles. The van der Waals surface area contributed by atoms with Gasteiger partial charge in [-0.3, -0.25) is 4.79 Å². The van der Waals surface area contributed by atoms with E-state index in [-0.39, 0.29) is 0 Å². The summed E-state index contributed by atoms with van der Waals surface area (Å²) in [5.41, 5.74) is 0. The minimum Gasteiger partial charge on any atom is -0.381 e. The van der Waals surface area contributed by atoms with Gasteiger partial charge in [0, 0.05) is 26.1 Å². The smallest absolute Gasteiger partial charge is 0.132 e. The molecule has 0 amide bonds. The molecule has 0 aliphatic heterocycles. The van der Waals surface area contributed by atoms with Crippen LogP contribution in [0.4, 0.5) is 0 Å². The summed E-state index contributed by atoms with van der Waals surface area (Å²) in [6.07, 6.45) is 9.11. The van der Waals surface area contributed by atoms with E-state index in [0.717, 1.165) is 25.6 Å². The molecule has 0 saturated heterocycles. The second-order valence-electron chi connectivity index (χ2n) is 4.57. The summed E-state index contributed by atoms with van der Waals surface area (Å²) in [4.78, 5) is 11.0. The molecule has 1 aliphatic rings. The third kappa shape index (κ3) is 5.93. The Kier molecular flexibility index (Phi) is 6.66. The van der Waals surface area contributed by atoms with Crippen LogP contribution in [0.5, 0.6) is 0 Å². The molecule has 0 atom stereocenters. The molecule has 15 heavy (non-hydrogen) atoms. The molecule has 88 valence electrons. The molecular weight excluding hydrogens is 188 g/mol. The van der Waals surface area contributed by atoms with Gasteiger partial charge in [0.05, 0.1) is 0 Å². The first kappa shape index (κ1) is 12.7. The molecule has 2 nitrogen and oxygen atoms in total. The topological polar surface area (TPSA) is 26.3 Å². The van der Waals surface area contributed by atoms with Crippen molar-refractivity contribution in [2.24, 2.45) is 5.92 Å². The Labute approximate surface area is 93.4 Å². The van der Waals surface area contributed by atoms with Crippen molar-refractivity contribution >= 4 is 5.78 Å². The summed E-state index contributed by atoms with van der Waals surface area (Å²) >= 11 is 0. The van der Waals surface area contributed by atoms with Crippen LogP contribution in [0.3, 0.4) is 0 Å². The van der Waals surface area contributed by atoms with E-state index in [1.165, 1.54) is 32.1 Å². The zero-order chi connectivity index (χ0) is 10.9. The molecule has 0 unspecified atom stereocenters. The van der Waals surface area contributed by atoms with Crippen LogP contribution in [0.25, 0.3) is 0 Å². The van der Waals surface area contributed by atoms with Crippen LogP contribution in [0.15, 0.2) is 0 Å². The maximum absolute atomic E-state index is 11.0. The molecule has 0 aromatic rings. The largest absolute Gasteiger partial charge is 0.381 e. The normalized spacial score (nSPS) is 17.9. The molecule has 0 spiro atoms. The Morgan fingerprint density at radius 1 is 1.27 bits per heavy atom. The number of ether oxygens (including phenoxy) is 1. The summed E-state index contributed by atoms with van der Waals surface area (Å²) in [5.74, 6) is 1.15. The van der Waals surface area contributed by atoms with Gasteiger partial charge in [0.15, 0.2) is 0 Å². The van der Waals surface area contributed by atoms with Crippen LogP contribution in [-0.2, 0) is 9.53 Å². The average molecular weight is 212 g/mol. The predicted octanol–water partition coefficient (Wildman–Crippen LogP) is 3.34.